The largest absolute Gasteiger partial charge is 0.478 e. The van der Waals surface area contributed by atoms with Crippen LogP contribution in [0.25, 0.3) is 0 Å². The molecular weight excluding hydrogens is 246 g/mol. The number of furan rings is 1. The molecule has 0 spiro atoms. The average molecular weight is 263 g/mol. The summed E-state index contributed by atoms with van der Waals surface area (Å²) in [6, 6.07) is 1.48. The lowest BCUT2D eigenvalue weighted by Crippen LogP contribution is -2.29. The lowest BCUT2D eigenvalue weighted by atomic mass is 10.0. The second-order valence-electron chi connectivity index (χ2n) is 5.63. The zero-order chi connectivity index (χ0) is 13.6. The highest BCUT2D eigenvalue weighted by Gasteiger charge is 2.47. The van der Waals surface area contributed by atoms with Crippen molar-refractivity contribution in [3.05, 3.63) is 23.2 Å². The van der Waals surface area contributed by atoms with Crippen LogP contribution in [-0.2, 0) is 11.3 Å². The number of carbonyl (C=O) groups excluding carboxylic acids is 1. The highest BCUT2D eigenvalue weighted by atomic mass is 16.4. The van der Waals surface area contributed by atoms with Gasteiger partial charge in [-0.3, -0.25) is 4.79 Å². The van der Waals surface area contributed by atoms with E-state index in [1.807, 2.05) is 0 Å². The summed E-state index contributed by atoms with van der Waals surface area (Å²) < 4.78 is 5.32. The Morgan fingerprint density at radius 1 is 1.37 bits per heavy atom. The standard InChI is InChI=1S/C14H17NO4/c1-7-12(14(17)18)5-11(19-7)6-15-13(16)10-3-8-2-9(8)4-10/h5,8-10H,2-4,6H2,1H3,(H,15,16)(H,17,18). The molecule has 0 radical (unpaired) electrons. The topological polar surface area (TPSA) is 79.5 Å². The molecule has 5 nitrogen and oxygen atoms in total. The molecule has 2 saturated carbocycles. The van der Waals surface area contributed by atoms with Crippen LogP contribution in [0.5, 0.6) is 0 Å². The van der Waals surface area contributed by atoms with Gasteiger partial charge in [0.2, 0.25) is 5.91 Å². The van der Waals surface area contributed by atoms with Crippen molar-refractivity contribution in [1.82, 2.24) is 5.32 Å². The number of carboxylic acid groups (broad SMARTS) is 1. The van der Waals surface area contributed by atoms with E-state index in [2.05, 4.69) is 5.32 Å². The van der Waals surface area contributed by atoms with E-state index in [1.165, 1.54) is 12.5 Å². The summed E-state index contributed by atoms with van der Waals surface area (Å²) in [5.41, 5.74) is 0.159. The Kier molecular flexibility index (Phi) is 2.84. The molecule has 2 aliphatic carbocycles. The van der Waals surface area contributed by atoms with Gasteiger partial charge in [0.25, 0.3) is 0 Å². The predicted octanol–water partition coefficient (Wildman–Crippen LogP) is 1.95. The van der Waals surface area contributed by atoms with Crippen LogP contribution < -0.4 is 5.32 Å². The highest BCUT2D eigenvalue weighted by Crippen LogP contribution is 2.54. The monoisotopic (exact) mass is 263 g/mol. The number of aromatic carboxylic acids is 1. The van der Waals surface area contributed by atoms with Gasteiger partial charge in [0.15, 0.2) is 0 Å². The van der Waals surface area contributed by atoms with Gasteiger partial charge in [-0.25, -0.2) is 4.79 Å². The number of hydrogen-bond acceptors (Lipinski definition) is 3. The van der Waals surface area contributed by atoms with Crippen LogP contribution in [0.3, 0.4) is 0 Å². The van der Waals surface area contributed by atoms with Crippen molar-refractivity contribution in [3.8, 4) is 0 Å². The summed E-state index contributed by atoms with van der Waals surface area (Å²) in [4.78, 5) is 22.8. The van der Waals surface area contributed by atoms with Gasteiger partial charge in [-0.1, -0.05) is 0 Å². The number of aryl methyl sites for hydroxylation is 1. The van der Waals surface area contributed by atoms with E-state index < -0.39 is 5.97 Å². The number of carbonyl (C=O) groups is 2. The quantitative estimate of drug-likeness (QED) is 0.870. The number of nitrogens with one attached hydrogen (secondary N) is 1. The molecule has 2 unspecified atom stereocenters. The Morgan fingerprint density at radius 3 is 2.63 bits per heavy atom. The van der Waals surface area contributed by atoms with E-state index in [4.69, 9.17) is 9.52 Å². The van der Waals surface area contributed by atoms with E-state index >= 15 is 0 Å². The van der Waals surface area contributed by atoms with Crippen molar-refractivity contribution >= 4 is 11.9 Å². The maximum absolute atomic E-state index is 11.9. The first-order valence-corrected chi connectivity index (χ1v) is 6.65. The molecule has 3 rings (SSSR count). The van der Waals surface area contributed by atoms with E-state index in [9.17, 15) is 9.59 Å². The van der Waals surface area contributed by atoms with Crippen molar-refractivity contribution in [2.24, 2.45) is 17.8 Å². The van der Waals surface area contributed by atoms with Crippen LogP contribution >= 0.6 is 0 Å². The Bertz CT molecular complexity index is 524. The van der Waals surface area contributed by atoms with Crippen molar-refractivity contribution in [3.63, 3.8) is 0 Å². The maximum atomic E-state index is 11.9. The molecule has 1 aromatic heterocycles. The zero-order valence-corrected chi connectivity index (χ0v) is 10.8. The van der Waals surface area contributed by atoms with Gasteiger partial charge in [-0.2, -0.15) is 0 Å². The van der Waals surface area contributed by atoms with Crippen molar-refractivity contribution in [2.75, 3.05) is 0 Å². The summed E-state index contributed by atoms with van der Waals surface area (Å²) in [5, 5.41) is 11.8. The molecule has 2 atom stereocenters. The number of amides is 1. The van der Waals surface area contributed by atoms with Gasteiger partial charge in [-0.05, 0) is 44.1 Å². The maximum Gasteiger partial charge on any atom is 0.339 e. The minimum Gasteiger partial charge on any atom is -0.478 e. The van der Waals surface area contributed by atoms with Crippen LogP contribution in [-0.4, -0.2) is 17.0 Å². The molecular formula is C14H17NO4. The van der Waals surface area contributed by atoms with Crippen LogP contribution in [0.1, 0.15) is 41.1 Å². The molecule has 1 aromatic rings. The Hall–Kier alpha value is -1.78. The predicted molar refractivity (Wildman–Crippen MR) is 66.6 cm³/mol. The summed E-state index contributed by atoms with van der Waals surface area (Å²) in [6.45, 7) is 1.87. The fourth-order valence-electron chi connectivity index (χ4n) is 3.09. The molecule has 102 valence electrons. The first kappa shape index (κ1) is 12.3. The van der Waals surface area contributed by atoms with Crippen molar-refractivity contribution in [2.45, 2.75) is 32.7 Å². The zero-order valence-electron chi connectivity index (χ0n) is 10.8. The number of fused-ring (bicyclic) bond motifs is 1. The van der Waals surface area contributed by atoms with E-state index in [-0.39, 0.29) is 23.9 Å². The summed E-state index contributed by atoms with van der Waals surface area (Å²) in [6.07, 6.45) is 3.31. The van der Waals surface area contributed by atoms with Crippen LogP contribution in [0.4, 0.5) is 0 Å². The molecule has 2 N–H and O–H groups in total. The van der Waals surface area contributed by atoms with Gasteiger partial charge >= 0.3 is 5.97 Å². The minimum absolute atomic E-state index is 0.0677. The molecule has 0 aliphatic heterocycles. The smallest absolute Gasteiger partial charge is 0.339 e. The third kappa shape index (κ3) is 2.37. The van der Waals surface area contributed by atoms with Crippen LogP contribution in [0.2, 0.25) is 0 Å². The number of hydrogen-bond donors (Lipinski definition) is 2. The third-order valence-corrected chi connectivity index (χ3v) is 4.25. The van der Waals surface area contributed by atoms with Gasteiger partial charge in [0, 0.05) is 5.92 Å². The van der Waals surface area contributed by atoms with Crippen LogP contribution in [0, 0.1) is 24.7 Å². The molecule has 2 aliphatic rings. The molecule has 2 fully saturated rings. The molecule has 1 amide bonds. The Balaban J connectivity index is 1.55. The SMILES string of the molecule is Cc1oc(CNC(=O)C2CC3CC3C2)cc1C(=O)O. The van der Waals surface area contributed by atoms with Gasteiger partial charge in [0.1, 0.15) is 17.1 Å². The van der Waals surface area contributed by atoms with Gasteiger partial charge in [0.05, 0.1) is 6.54 Å². The van der Waals surface area contributed by atoms with E-state index in [0.717, 1.165) is 24.7 Å². The van der Waals surface area contributed by atoms with Gasteiger partial charge in [-0.15, -0.1) is 0 Å². The normalized spacial score (nSPS) is 27.9. The number of carboxylic acids is 1. The summed E-state index contributed by atoms with van der Waals surface area (Å²) >= 11 is 0. The first-order chi connectivity index (χ1) is 9.04. The first-order valence-electron chi connectivity index (χ1n) is 6.65. The summed E-state index contributed by atoms with van der Waals surface area (Å²) in [5.74, 6) is 1.62. The van der Waals surface area contributed by atoms with Crippen LogP contribution in [0.15, 0.2) is 10.5 Å². The summed E-state index contributed by atoms with van der Waals surface area (Å²) in [7, 11) is 0. The number of rotatable bonds is 4. The average Bonchev–Trinajstić information content (AvgIpc) is 2.81. The molecule has 0 bridgehead atoms. The van der Waals surface area contributed by atoms with E-state index in [0.29, 0.717) is 11.5 Å². The second-order valence-corrected chi connectivity index (χ2v) is 5.63. The van der Waals surface area contributed by atoms with E-state index in [1.54, 1.807) is 6.92 Å². The Morgan fingerprint density at radius 2 is 2.05 bits per heavy atom. The second kappa shape index (κ2) is 4.40. The molecule has 0 saturated heterocycles. The molecule has 1 heterocycles. The van der Waals surface area contributed by atoms with Crippen molar-refractivity contribution < 1.29 is 19.1 Å². The fraction of sp³-hybridized carbons (Fsp3) is 0.571. The highest BCUT2D eigenvalue weighted by molar-refractivity contribution is 5.88. The van der Waals surface area contributed by atoms with Crippen molar-refractivity contribution in [1.29, 1.82) is 0 Å². The van der Waals surface area contributed by atoms with Gasteiger partial charge < -0.3 is 14.8 Å². The Labute approximate surface area is 111 Å². The lowest BCUT2D eigenvalue weighted by Gasteiger charge is -2.11. The molecule has 0 aromatic carbocycles. The lowest BCUT2D eigenvalue weighted by molar-refractivity contribution is -0.125. The molecule has 19 heavy (non-hydrogen) atoms. The minimum atomic E-state index is -1.00. The fourth-order valence-corrected chi connectivity index (χ4v) is 3.09. The third-order valence-electron chi connectivity index (χ3n) is 4.25. The molecule has 5 heteroatoms.